The topological polar surface area (TPSA) is 68.0 Å². The van der Waals surface area contributed by atoms with Crippen LogP contribution in [0, 0.1) is 0 Å². The number of rotatable bonds is 2. The fraction of sp³-hybridized carbons (Fsp3) is 0. The van der Waals surface area contributed by atoms with Crippen molar-refractivity contribution in [3.63, 3.8) is 0 Å². The second kappa shape index (κ2) is 3.70. The van der Waals surface area contributed by atoms with Gasteiger partial charge in [0.05, 0.1) is 6.20 Å². The molecule has 0 saturated heterocycles. The minimum atomic E-state index is -1.06. The second-order valence-corrected chi connectivity index (χ2v) is 3.14. The van der Waals surface area contributed by atoms with Crippen LogP contribution in [0.25, 0.3) is 5.82 Å². The van der Waals surface area contributed by atoms with Crippen LogP contribution in [-0.4, -0.2) is 25.8 Å². The van der Waals surface area contributed by atoms with E-state index in [1.54, 1.807) is 18.2 Å². The van der Waals surface area contributed by atoms with E-state index >= 15 is 0 Å². The number of aromatic carboxylic acids is 1. The highest BCUT2D eigenvalue weighted by Crippen LogP contribution is 2.11. The molecule has 0 spiro atoms. The molecule has 0 aliphatic carbocycles. The Kier molecular flexibility index (Phi) is 2.39. The van der Waals surface area contributed by atoms with Crippen molar-refractivity contribution >= 4 is 17.6 Å². The van der Waals surface area contributed by atoms with Crippen molar-refractivity contribution in [3.05, 3.63) is 41.3 Å². The van der Waals surface area contributed by atoms with Gasteiger partial charge in [0.15, 0.2) is 11.5 Å². The SMILES string of the molecule is O=C(O)c1ccnn1-c1cccc(Cl)n1. The van der Waals surface area contributed by atoms with Gasteiger partial charge in [0, 0.05) is 0 Å². The molecule has 2 rings (SSSR count). The Morgan fingerprint density at radius 3 is 2.87 bits per heavy atom. The van der Waals surface area contributed by atoms with Crippen molar-refractivity contribution in [1.82, 2.24) is 14.8 Å². The summed E-state index contributed by atoms with van der Waals surface area (Å²) in [6.07, 6.45) is 1.39. The lowest BCUT2D eigenvalue weighted by atomic mass is 10.4. The summed E-state index contributed by atoms with van der Waals surface area (Å²) in [4.78, 5) is 14.8. The first-order valence-corrected chi connectivity index (χ1v) is 4.46. The molecule has 76 valence electrons. The molecule has 2 heterocycles. The Morgan fingerprint density at radius 1 is 1.40 bits per heavy atom. The zero-order valence-corrected chi connectivity index (χ0v) is 8.22. The number of hydrogen-bond donors (Lipinski definition) is 1. The van der Waals surface area contributed by atoms with Crippen LogP contribution in [0.3, 0.4) is 0 Å². The first-order chi connectivity index (χ1) is 7.18. The molecule has 0 saturated carbocycles. The number of carbonyl (C=O) groups is 1. The van der Waals surface area contributed by atoms with Crippen molar-refractivity contribution in [2.75, 3.05) is 0 Å². The minimum Gasteiger partial charge on any atom is -0.477 e. The summed E-state index contributed by atoms with van der Waals surface area (Å²) in [6.45, 7) is 0. The lowest BCUT2D eigenvalue weighted by Gasteiger charge is -2.02. The molecule has 2 aromatic rings. The molecule has 1 N–H and O–H groups in total. The summed E-state index contributed by atoms with van der Waals surface area (Å²) in [7, 11) is 0. The van der Waals surface area contributed by atoms with Crippen molar-refractivity contribution in [1.29, 1.82) is 0 Å². The van der Waals surface area contributed by atoms with Crippen LogP contribution in [0.1, 0.15) is 10.5 Å². The predicted octanol–water partition coefficient (Wildman–Crippen LogP) is 1.62. The molecule has 0 bridgehead atoms. The highest BCUT2D eigenvalue weighted by Gasteiger charge is 2.12. The van der Waals surface area contributed by atoms with E-state index in [9.17, 15) is 4.79 Å². The van der Waals surface area contributed by atoms with Gasteiger partial charge in [-0.3, -0.25) is 0 Å². The van der Waals surface area contributed by atoms with Crippen LogP contribution in [0.4, 0.5) is 0 Å². The van der Waals surface area contributed by atoms with E-state index in [-0.39, 0.29) is 5.69 Å². The second-order valence-electron chi connectivity index (χ2n) is 2.75. The Morgan fingerprint density at radius 2 is 2.20 bits per heavy atom. The maximum Gasteiger partial charge on any atom is 0.354 e. The quantitative estimate of drug-likeness (QED) is 0.786. The van der Waals surface area contributed by atoms with E-state index in [4.69, 9.17) is 16.7 Å². The molecule has 5 nitrogen and oxygen atoms in total. The van der Waals surface area contributed by atoms with Crippen molar-refractivity contribution < 1.29 is 9.90 Å². The fourth-order valence-electron chi connectivity index (χ4n) is 1.16. The Hall–Kier alpha value is -1.88. The standard InChI is InChI=1S/C9H6ClN3O2/c10-7-2-1-3-8(12-7)13-6(9(14)15)4-5-11-13/h1-5H,(H,14,15). The molecule has 0 aromatic carbocycles. The molecule has 0 fully saturated rings. The molecule has 15 heavy (non-hydrogen) atoms. The van der Waals surface area contributed by atoms with Gasteiger partial charge < -0.3 is 5.11 Å². The molecule has 0 unspecified atom stereocenters. The summed E-state index contributed by atoms with van der Waals surface area (Å²) >= 11 is 5.69. The van der Waals surface area contributed by atoms with Gasteiger partial charge in [0.25, 0.3) is 0 Å². The lowest BCUT2D eigenvalue weighted by molar-refractivity contribution is 0.0687. The number of halogens is 1. The van der Waals surface area contributed by atoms with E-state index in [0.717, 1.165) is 0 Å². The van der Waals surface area contributed by atoms with Crippen LogP contribution in [0.2, 0.25) is 5.15 Å². The zero-order chi connectivity index (χ0) is 10.8. The Labute approximate surface area is 89.9 Å². The molecule has 0 amide bonds. The van der Waals surface area contributed by atoms with E-state index < -0.39 is 5.97 Å². The van der Waals surface area contributed by atoms with E-state index in [2.05, 4.69) is 10.1 Å². The Bertz CT molecular complexity index is 510. The van der Waals surface area contributed by atoms with E-state index in [1.165, 1.54) is 16.9 Å². The van der Waals surface area contributed by atoms with Gasteiger partial charge in [-0.1, -0.05) is 17.7 Å². The minimum absolute atomic E-state index is 0.0461. The van der Waals surface area contributed by atoms with Gasteiger partial charge in [0.1, 0.15) is 5.15 Å². The first-order valence-electron chi connectivity index (χ1n) is 4.09. The number of nitrogens with zero attached hydrogens (tertiary/aromatic N) is 3. The average Bonchev–Trinajstić information content (AvgIpc) is 2.65. The first kappa shape index (κ1) is 9.67. The highest BCUT2D eigenvalue weighted by atomic mass is 35.5. The van der Waals surface area contributed by atoms with Gasteiger partial charge in [-0.25, -0.2) is 14.5 Å². The third kappa shape index (κ3) is 1.82. The van der Waals surface area contributed by atoms with E-state index in [0.29, 0.717) is 11.0 Å². The van der Waals surface area contributed by atoms with Crippen molar-refractivity contribution in [3.8, 4) is 5.82 Å². The largest absolute Gasteiger partial charge is 0.477 e. The molecule has 0 atom stereocenters. The van der Waals surface area contributed by atoms with Crippen LogP contribution in [0.15, 0.2) is 30.5 Å². The van der Waals surface area contributed by atoms with Gasteiger partial charge in [-0.15, -0.1) is 0 Å². The van der Waals surface area contributed by atoms with Gasteiger partial charge in [0.2, 0.25) is 0 Å². The maximum atomic E-state index is 10.8. The number of carboxylic acid groups (broad SMARTS) is 1. The highest BCUT2D eigenvalue weighted by molar-refractivity contribution is 6.29. The van der Waals surface area contributed by atoms with Crippen LogP contribution in [-0.2, 0) is 0 Å². The molecular weight excluding hydrogens is 218 g/mol. The molecule has 0 aliphatic heterocycles. The molecule has 6 heteroatoms. The maximum absolute atomic E-state index is 10.8. The number of carboxylic acids is 1. The summed E-state index contributed by atoms with van der Waals surface area (Å²) in [5, 5.41) is 13.0. The monoisotopic (exact) mass is 223 g/mol. The summed E-state index contributed by atoms with van der Waals surface area (Å²) in [6, 6.07) is 6.31. The van der Waals surface area contributed by atoms with Crippen molar-refractivity contribution in [2.45, 2.75) is 0 Å². The summed E-state index contributed by atoms with van der Waals surface area (Å²) < 4.78 is 1.22. The molecular formula is C9H6ClN3O2. The number of hydrogen-bond acceptors (Lipinski definition) is 3. The van der Waals surface area contributed by atoms with Crippen LogP contribution in [0.5, 0.6) is 0 Å². The third-order valence-corrected chi connectivity index (χ3v) is 1.99. The molecule has 2 aromatic heterocycles. The number of aromatic nitrogens is 3. The normalized spacial score (nSPS) is 10.2. The van der Waals surface area contributed by atoms with Gasteiger partial charge >= 0.3 is 5.97 Å². The van der Waals surface area contributed by atoms with Crippen molar-refractivity contribution in [2.24, 2.45) is 0 Å². The lowest BCUT2D eigenvalue weighted by Crippen LogP contribution is -2.09. The molecule has 0 aliphatic rings. The smallest absolute Gasteiger partial charge is 0.354 e. The average molecular weight is 224 g/mol. The van der Waals surface area contributed by atoms with Gasteiger partial charge in [-0.2, -0.15) is 5.10 Å². The predicted molar refractivity (Wildman–Crippen MR) is 53.3 cm³/mol. The van der Waals surface area contributed by atoms with Gasteiger partial charge in [-0.05, 0) is 18.2 Å². The Balaban J connectivity index is 2.54. The van der Waals surface area contributed by atoms with E-state index in [1.807, 2.05) is 0 Å². The number of pyridine rings is 1. The summed E-state index contributed by atoms with van der Waals surface area (Å²) in [5.74, 6) is -0.681. The third-order valence-electron chi connectivity index (χ3n) is 1.78. The zero-order valence-electron chi connectivity index (χ0n) is 7.46. The fourth-order valence-corrected chi connectivity index (χ4v) is 1.32. The van der Waals surface area contributed by atoms with Crippen LogP contribution < -0.4 is 0 Å². The summed E-state index contributed by atoms with van der Waals surface area (Å²) in [5.41, 5.74) is 0.0461. The van der Waals surface area contributed by atoms with Crippen LogP contribution >= 0.6 is 11.6 Å². The molecule has 0 radical (unpaired) electrons.